The third kappa shape index (κ3) is 20.3. The molecule has 2 aliphatic rings. The summed E-state index contributed by atoms with van der Waals surface area (Å²) in [5.41, 5.74) is 29.2. The first-order chi connectivity index (χ1) is 35.6. The number of phenols is 1. The number of carboxylic acids is 1. The highest BCUT2D eigenvalue weighted by Crippen LogP contribution is 2.26. The number of nitrogens with zero attached hydrogens (tertiary/aromatic N) is 2. The van der Waals surface area contributed by atoms with E-state index in [1.165, 1.54) is 24.3 Å². The van der Waals surface area contributed by atoms with Gasteiger partial charge in [0.2, 0.25) is 59.1 Å². The Morgan fingerprint density at radius 3 is 1.92 bits per heavy atom. The maximum absolute atomic E-state index is 14.6. The minimum absolute atomic E-state index is 0.0145. The zero-order valence-electron chi connectivity index (χ0n) is 40.7. The van der Waals surface area contributed by atoms with Crippen molar-refractivity contribution in [1.29, 1.82) is 0 Å². The lowest BCUT2D eigenvalue weighted by atomic mass is 10.0. The summed E-state index contributed by atoms with van der Waals surface area (Å²) in [6, 6.07) is 2.64. The standard InChI is InChI=1S/C46H64N14O13S2/c47-27-22-74-75-23-33(45(73)60-17-5-9-34(60)44(72)55-28(8-4-16-52-46(50)51)39(67)53-21-37(64)65)59-43(71)32(20-36(49)63)58-40(68)29(14-15-35(48)62)54-41(69)31(18-24-6-2-1-3-7-24)57-42(70)30(56-38(27)66)19-25-10-12-26(61)13-11-25/h1-3,6-7,10-13,27-34,61H,4-5,8-9,14-23,47H2,(H2,48,62)(H2,49,63)(H,53,67)(H,54,69)(H,55,72)(H,56,66)(H,57,70)(H,58,68)(H,59,71)(H,64,65)(H4,50,51,52)/t27-,28-,29-,30?,31-,32?,33-,34-/m0/s1. The molecule has 2 saturated heterocycles. The minimum Gasteiger partial charge on any atom is -0.508 e. The minimum atomic E-state index is -1.80. The van der Waals surface area contributed by atoms with Gasteiger partial charge in [0.25, 0.3) is 0 Å². The maximum Gasteiger partial charge on any atom is 0.322 e. The van der Waals surface area contributed by atoms with Crippen LogP contribution in [0.3, 0.4) is 0 Å². The fraction of sp³-hybridized carbons (Fsp3) is 0.478. The summed E-state index contributed by atoms with van der Waals surface area (Å²) in [5.74, 6) is -11.2. The van der Waals surface area contributed by atoms with Gasteiger partial charge in [-0.25, -0.2) is 0 Å². The molecule has 29 heteroatoms. The van der Waals surface area contributed by atoms with Crippen molar-refractivity contribution in [2.45, 2.75) is 106 Å². The van der Waals surface area contributed by atoms with Crippen LogP contribution in [0.5, 0.6) is 5.75 Å². The molecule has 2 aliphatic heterocycles. The third-order valence-corrected chi connectivity index (χ3v) is 14.1. The average molecular weight is 1090 g/mol. The largest absolute Gasteiger partial charge is 0.508 e. The van der Waals surface area contributed by atoms with Crippen molar-refractivity contribution < 1.29 is 63.0 Å². The second-order valence-electron chi connectivity index (χ2n) is 17.5. The molecule has 0 spiro atoms. The molecule has 2 fully saturated rings. The van der Waals surface area contributed by atoms with Gasteiger partial charge in [-0.2, -0.15) is 0 Å². The quantitative estimate of drug-likeness (QED) is 0.0272. The van der Waals surface area contributed by atoms with Crippen LogP contribution in [0.25, 0.3) is 0 Å². The SMILES string of the molecule is NC(=O)CC[C@@H]1NC(=O)[C@H](Cc2ccccc2)NC(=O)C(Cc2ccc(O)cc2)NC(=O)[C@@H](N)CSSC[C@@H](C(=O)N2CCC[C@H]2C(=O)N[C@@H](CCCN=C(N)N)C(=O)NCC(=O)O)NC(=O)C(CC(N)=O)NC1=O. The van der Waals surface area contributed by atoms with Gasteiger partial charge >= 0.3 is 5.97 Å². The summed E-state index contributed by atoms with van der Waals surface area (Å²) in [6.07, 6.45) is -1.52. The van der Waals surface area contributed by atoms with E-state index in [9.17, 15) is 57.8 Å². The monoisotopic (exact) mass is 1080 g/mol. The van der Waals surface area contributed by atoms with E-state index >= 15 is 0 Å². The van der Waals surface area contributed by atoms with Crippen LogP contribution in [0.4, 0.5) is 0 Å². The van der Waals surface area contributed by atoms with E-state index < -0.39 is 139 Å². The van der Waals surface area contributed by atoms with Crippen molar-refractivity contribution in [3.63, 3.8) is 0 Å². The predicted molar refractivity (Wildman–Crippen MR) is 274 cm³/mol. The number of aliphatic carboxylic acids is 1. The number of nitrogens with two attached hydrogens (primary N) is 5. The Kier molecular flexibility index (Phi) is 23.9. The lowest BCUT2D eigenvalue weighted by Gasteiger charge is -2.31. The Labute approximate surface area is 438 Å². The molecule has 0 radical (unpaired) electrons. The number of amides is 10. The van der Waals surface area contributed by atoms with Crippen LogP contribution < -0.4 is 65.9 Å². The number of aromatic hydroxyl groups is 1. The average Bonchev–Trinajstić information content (AvgIpc) is 3.86. The van der Waals surface area contributed by atoms with Crippen molar-refractivity contribution in [3.05, 3.63) is 65.7 Å². The first-order valence-electron chi connectivity index (χ1n) is 23.7. The number of rotatable bonds is 19. The first kappa shape index (κ1) is 59.9. The maximum atomic E-state index is 14.6. The molecule has 27 nitrogen and oxygen atoms in total. The molecule has 2 unspecified atom stereocenters. The molecule has 19 N–H and O–H groups in total. The van der Waals surface area contributed by atoms with Crippen molar-refractivity contribution in [3.8, 4) is 5.75 Å². The zero-order chi connectivity index (χ0) is 55.2. The molecular formula is C46H64N14O13S2. The number of guanidine groups is 1. The molecule has 8 atom stereocenters. The highest BCUT2D eigenvalue weighted by Gasteiger charge is 2.40. The summed E-state index contributed by atoms with van der Waals surface area (Å²) in [4.78, 5) is 153. The van der Waals surface area contributed by atoms with Gasteiger partial charge in [-0.15, -0.1) is 0 Å². The Balaban J connectivity index is 1.71. The van der Waals surface area contributed by atoms with Crippen LogP contribution in [0.15, 0.2) is 59.6 Å². The van der Waals surface area contributed by atoms with Crippen LogP contribution in [-0.2, 0) is 65.6 Å². The molecule has 408 valence electrons. The number of likely N-dealkylation sites (tertiary alicyclic amines) is 1. The number of hydrogen-bond donors (Lipinski definition) is 14. The van der Waals surface area contributed by atoms with Gasteiger partial charge in [-0.1, -0.05) is 64.1 Å². The first-order valence-corrected chi connectivity index (χ1v) is 26.2. The second kappa shape index (κ2) is 29.9. The van der Waals surface area contributed by atoms with Gasteiger partial charge in [0, 0.05) is 43.9 Å². The molecule has 2 aromatic carbocycles. The fourth-order valence-electron chi connectivity index (χ4n) is 7.79. The Morgan fingerprint density at radius 2 is 1.31 bits per heavy atom. The Bertz CT molecular complexity index is 2420. The zero-order valence-corrected chi connectivity index (χ0v) is 42.3. The second-order valence-corrected chi connectivity index (χ2v) is 20.1. The molecule has 75 heavy (non-hydrogen) atoms. The molecule has 2 heterocycles. The van der Waals surface area contributed by atoms with E-state index in [1.54, 1.807) is 30.3 Å². The number of carbonyl (C=O) groups is 11. The van der Waals surface area contributed by atoms with Crippen molar-refractivity contribution >= 4 is 92.6 Å². The topological polar surface area (TPSA) is 458 Å². The highest BCUT2D eigenvalue weighted by molar-refractivity contribution is 8.76. The number of carbonyl (C=O) groups excluding carboxylic acids is 10. The highest BCUT2D eigenvalue weighted by atomic mass is 33.1. The summed E-state index contributed by atoms with van der Waals surface area (Å²) < 4.78 is 0. The fourth-order valence-corrected chi connectivity index (χ4v) is 10.1. The number of phenolic OH excluding ortho intramolecular Hbond substituents is 1. The number of benzene rings is 2. The lowest BCUT2D eigenvalue weighted by molar-refractivity contribution is -0.142. The van der Waals surface area contributed by atoms with Crippen LogP contribution in [0, 0.1) is 0 Å². The van der Waals surface area contributed by atoms with E-state index in [0.29, 0.717) is 11.1 Å². The molecule has 0 bridgehead atoms. The summed E-state index contributed by atoms with van der Waals surface area (Å²) in [5, 5.41) is 36.6. The molecule has 4 rings (SSSR count). The van der Waals surface area contributed by atoms with Gasteiger partial charge in [0.05, 0.1) is 12.5 Å². The van der Waals surface area contributed by atoms with E-state index in [-0.39, 0.29) is 74.8 Å². The number of nitrogens with one attached hydrogen (secondary N) is 7. The number of aliphatic imine (C=N–C) groups is 1. The normalized spacial score (nSPS) is 22.6. The van der Waals surface area contributed by atoms with E-state index in [0.717, 1.165) is 26.5 Å². The Morgan fingerprint density at radius 1 is 0.733 bits per heavy atom. The summed E-state index contributed by atoms with van der Waals surface area (Å²) in [6.45, 7) is -0.706. The Hall–Kier alpha value is -7.66. The number of carboxylic acid groups (broad SMARTS) is 1. The van der Waals surface area contributed by atoms with Gasteiger partial charge in [-0.05, 0) is 55.4 Å². The van der Waals surface area contributed by atoms with Crippen LogP contribution in [0.1, 0.15) is 56.1 Å². The van der Waals surface area contributed by atoms with Crippen molar-refractivity contribution in [2.75, 3.05) is 31.1 Å². The van der Waals surface area contributed by atoms with Gasteiger partial charge in [-0.3, -0.25) is 57.7 Å². The smallest absolute Gasteiger partial charge is 0.322 e. The van der Waals surface area contributed by atoms with Crippen molar-refractivity contribution in [1.82, 2.24) is 42.1 Å². The summed E-state index contributed by atoms with van der Waals surface area (Å²) in [7, 11) is 1.98. The van der Waals surface area contributed by atoms with Crippen LogP contribution >= 0.6 is 21.6 Å². The molecule has 2 aromatic rings. The molecule has 0 aromatic heterocycles. The van der Waals surface area contributed by atoms with E-state index in [1.807, 2.05) is 0 Å². The summed E-state index contributed by atoms with van der Waals surface area (Å²) >= 11 is 0. The number of hydrogen-bond acceptors (Lipinski definition) is 16. The van der Waals surface area contributed by atoms with Crippen LogP contribution in [0.2, 0.25) is 0 Å². The van der Waals surface area contributed by atoms with Crippen molar-refractivity contribution in [2.24, 2.45) is 33.7 Å². The van der Waals surface area contributed by atoms with Gasteiger partial charge in [0.1, 0.15) is 54.6 Å². The van der Waals surface area contributed by atoms with E-state index in [2.05, 4.69) is 42.2 Å². The van der Waals surface area contributed by atoms with Crippen LogP contribution in [-0.4, -0.2) is 166 Å². The molecule has 10 amide bonds. The van der Waals surface area contributed by atoms with Gasteiger partial charge < -0.3 is 81.0 Å². The third-order valence-electron chi connectivity index (χ3n) is 11.6. The van der Waals surface area contributed by atoms with Gasteiger partial charge in [0.15, 0.2) is 5.96 Å². The molecular weight excluding hydrogens is 1020 g/mol. The van der Waals surface area contributed by atoms with E-state index in [4.69, 9.17) is 33.8 Å². The molecule has 0 aliphatic carbocycles. The molecule has 0 saturated carbocycles. The predicted octanol–water partition coefficient (Wildman–Crippen LogP) is -4.81. The number of primary amides is 2. The lowest BCUT2D eigenvalue weighted by Crippen LogP contribution is -2.61.